The van der Waals surface area contributed by atoms with Gasteiger partial charge in [-0.25, -0.2) is 0 Å². The predicted molar refractivity (Wildman–Crippen MR) is 106 cm³/mol. The van der Waals surface area contributed by atoms with Gasteiger partial charge in [0.1, 0.15) is 11.4 Å². The monoisotopic (exact) mass is 373 g/mol. The second kappa shape index (κ2) is 9.11. The minimum Gasteiger partial charge on any atom is -0.487 e. The molecule has 2 N–H and O–H groups in total. The Labute approximate surface area is 161 Å². The standard InChI is InChI=1S/C21H31N3O3/c1-22-20(23-14-8-5-11-19(25)26-2)24-17-15-21(12-6-7-13-21)27-18-10-4-3-9-16(17)18/h3-4,9-10,17H,5-8,11-15H2,1-2H3,(H2,22,23,24). The summed E-state index contributed by atoms with van der Waals surface area (Å²) in [6.07, 6.45) is 7.85. The zero-order valence-electron chi connectivity index (χ0n) is 16.4. The molecular weight excluding hydrogens is 342 g/mol. The van der Waals surface area contributed by atoms with Crippen molar-refractivity contribution in [3.63, 3.8) is 0 Å². The Kier molecular flexibility index (Phi) is 6.58. The molecule has 1 saturated carbocycles. The highest BCUT2D eigenvalue weighted by Crippen LogP contribution is 2.46. The molecule has 6 heteroatoms. The molecule has 0 bridgehead atoms. The number of aliphatic imine (C=N–C) groups is 1. The van der Waals surface area contributed by atoms with E-state index in [2.05, 4.69) is 38.6 Å². The molecule has 1 aliphatic heterocycles. The minimum atomic E-state index is -0.154. The van der Waals surface area contributed by atoms with Crippen LogP contribution in [0.1, 0.15) is 63.0 Å². The lowest BCUT2D eigenvalue weighted by molar-refractivity contribution is -0.140. The first kappa shape index (κ1) is 19.5. The molecular formula is C21H31N3O3. The molecule has 1 unspecified atom stereocenters. The Morgan fingerprint density at radius 1 is 1.30 bits per heavy atom. The molecule has 1 spiro atoms. The van der Waals surface area contributed by atoms with Crippen LogP contribution in [0.15, 0.2) is 29.3 Å². The minimum absolute atomic E-state index is 0.0363. The molecule has 1 heterocycles. The van der Waals surface area contributed by atoms with Crippen LogP contribution in [0.5, 0.6) is 5.75 Å². The van der Waals surface area contributed by atoms with E-state index in [0.29, 0.717) is 6.42 Å². The Bertz CT molecular complexity index is 668. The van der Waals surface area contributed by atoms with Gasteiger partial charge in [0, 0.05) is 32.0 Å². The maximum atomic E-state index is 11.2. The zero-order valence-corrected chi connectivity index (χ0v) is 16.4. The predicted octanol–water partition coefficient (Wildman–Crippen LogP) is 3.33. The summed E-state index contributed by atoms with van der Waals surface area (Å²) >= 11 is 0. The highest BCUT2D eigenvalue weighted by Gasteiger charge is 2.43. The number of hydrogen-bond acceptors (Lipinski definition) is 4. The third-order valence-corrected chi connectivity index (χ3v) is 5.57. The molecule has 0 saturated heterocycles. The molecule has 1 aromatic rings. The summed E-state index contributed by atoms with van der Waals surface area (Å²) < 4.78 is 11.1. The smallest absolute Gasteiger partial charge is 0.305 e. The quantitative estimate of drug-likeness (QED) is 0.346. The van der Waals surface area contributed by atoms with Crippen molar-refractivity contribution in [2.24, 2.45) is 4.99 Å². The molecule has 1 fully saturated rings. The van der Waals surface area contributed by atoms with Crippen molar-refractivity contribution in [3.8, 4) is 5.75 Å². The molecule has 1 aromatic carbocycles. The lowest BCUT2D eigenvalue weighted by atomic mass is 9.86. The molecule has 3 rings (SSSR count). The summed E-state index contributed by atoms with van der Waals surface area (Å²) in [6, 6.07) is 8.50. The fourth-order valence-electron chi connectivity index (χ4n) is 4.14. The second-order valence-electron chi connectivity index (χ2n) is 7.46. The maximum Gasteiger partial charge on any atom is 0.305 e. The van der Waals surface area contributed by atoms with E-state index in [1.807, 2.05) is 6.07 Å². The topological polar surface area (TPSA) is 72.0 Å². The van der Waals surface area contributed by atoms with Crippen LogP contribution in [0, 0.1) is 0 Å². The Balaban J connectivity index is 1.58. The van der Waals surface area contributed by atoms with E-state index in [9.17, 15) is 4.79 Å². The summed E-state index contributed by atoms with van der Waals surface area (Å²) in [7, 11) is 3.22. The van der Waals surface area contributed by atoms with E-state index >= 15 is 0 Å². The number of guanidine groups is 1. The van der Waals surface area contributed by atoms with Crippen molar-refractivity contribution in [1.29, 1.82) is 0 Å². The third-order valence-electron chi connectivity index (χ3n) is 5.57. The number of esters is 1. The van der Waals surface area contributed by atoms with Crippen molar-refractivity contribution in [2.75, 3.05) is 20.7 Å². The molecule has 2 aliphatic rings. The van der Waals surface area contributed by atoms with Gasteiger partial charge in [-0.05, 0) is 44.6 Å². The van der Waals surface area contributed by atoms with E-state index in [4.69, 9.17) is 4.74 Å². The third kappa shape index (κ3) is 4.93. The number of hydrogen-bond donors (Lipinski definition) is 2. The van der Waals surface area contributed by atoms with E-state index in [0.717, 1.165) is 50.4 Å². The lowest BCUT2D eigenvalue weighted by Gasteiger charge is -2.40. The Morgan fingerprint density at radius 2 is 2.07 bits per heavy atom. The van der Waals surface area contributed by atoms with Gasteiger partial charge >= 0.3 is 5.97 Å². The van der Waals surface area contributed by atoms with Gasteiger partial charge in [-0.3, -0.25) is 9.79 Å². The van der Waals surface area contributed by atoms with Crippen LogP contribution < -0.4 is 15.4 Å². The van der Waals surface area contributed by atoms with E-state index in [-0.39, 0.29) is 17.6 Å². The van der Waals surface area contributed by atoms with Crippen molar-refractivity contribution < 1.29 is 14.3 Å². The van der Waals surface area contributed by atoms with Crippen LogP contribution in [0.25, 0.3) is 0 Å². The number of rotatable bonds is 6. The lowest BCUT2D eigenvalue weighted by Crippen LogP contribution is -2.46. The number of carbonyl (C=O) groups excluding carboxylic acids is 1. The van der Waals surface area contributed by atoms with Crippen LogP contribution in [-0.4, -0.2) is 38.2 Å². The number of nitrogens with one attached hydrogen (secondary N) is 2. The summed E-state index contributed by atoms with van der Waals surface area (Å²) in [5.74, 6) is 1.64. The van der Waals surface area contributed by atoms with Crippen molar-refractivity contribution >= 4 is 11.9 Å². The number of methoxy groups -OCH3 is 1. The van der Waals surface area contributed by atoms with Gasteiger partial charge in [0.25, 0.3) is 0 Å². The molecule has 27 heavy (non-hydrogen) atoms. The highest BCUT2D eigenvalue weighted by molar-refractivity contribution is 5.80. The van der Waals surface area contributed by atoms with Crippen LogP contribution in [0.2, 0.25) is 0 Å². The van der Waals surface area contributed by atoms with Gasteiger partial charge in [-0.15, -0.1) is 0 Å². The van der Waals surface area contributed by atoms with E-state index in [1.165, 1.54) is 25.5 Å². The Hall–Kier alpha value is -2.24. The number of unbranched alkanes of at least 4 members (excludes halogenated alkanes) is 1. The Morgan fingerprint density at radius 3 is 2.81 bits per heavy atom. The van der Waals surface area contributed by atoms with Crippen molar-refractivity contribution in [2.45, 2.75) is 63.0 Å². The fraction of sp³-hybridized carbons (Fsp3) is 0.619. The average Bonchev–Trinajstić information content (AvgIpc) is 3.13. The molecule has 0 radical (unpaired) electrons. The first-order valence-corrected chi connectivity index (χ1v) is 9.98. The van der Waals surface area contributed by atoms with Crippen LogP contribution in [0.3, 0.4) is 0 Å². The number of ether oxygens (including phenoxy) is 2. The first-order chi connectivity index (χ1) is 13.2. The summed E-state index contributed by atoms with van der Waals surface area (Å²) in [5, 5.41) is 6.96. The number of benzene rings is 1. The van der Waals surface area contributed by atoms with Gasteiger partial charge in [0.15, 0.2) is 5.96 Å². The van der Waals surface area contributed by atoms with Crippen LogP contribution >= 0.6 is 0 Å². The number of para-hydroxylation sites is 1. The highest BCUT2D eigenvalue weighted by atomic mass is 16.5. The van der Waals surface area contributed by atoms with Gasteiger partial charge in [-0.1, -0.05) is 18.2 Å². The largest absolute Gasteiger partial charge is 0.487 e. The number of nitrogens with zero attached hydrogens (tertiary/aromatic N) is 1. The molecule has 1 atom stereocenters. The second-order valence-corrected chi connectivity index (χ2v) is 7.46. The normalized spacial score (nSPS) is 20.7. The van der Waals surface area contributed by atoms with E-state index in [1.54, 1.807) is 7.05 Å². The van der Waals surface area contributed by atoms with Crippen molar-refractivity contribution in [3.05, 3.63) is 29.8 Å². The van der Waals surface area contributed by atoms with Gasteiger partial charge < -0.3 is 20.1 Å². The fourth-order valence-corrected chi connectivity index (χ4v) is 4.14. The van der Waals surface area contributed by atoms with E-state index < -0.39 is 0 Å². The van der Waals surface area contributed by atoms with Crippen LogP contribution in [0.4, 0.5) is 0 Å². The summed E-state index contributed by atoms with van der Waals surface area (Å²) in [4.78, 5) is 15.6. The van der Waals surface area contributed by atoms with Crippen LogP contribution in [-0.2, 0) is 9.53 Å². The molecule has 148 valence electrons. The zero-order chi connectivity index (χ0) is 19.1. The number of carbonyl (C=O) groups is 1. The molecule has 0 aromatic heterocycles. The summed E-state index contributed by atoms with van der Waals surface area (Å²) in [6.45, 7) is 0.771. The first-order valence-electron chi connectivity index (χ1n) is 9.98. The average molecular weight is 373 g/mol. The SMILES string of the molecule is CN=C(NCCCCC(=O)OC)NC1CC2(CCCC2)Oc2ccccc21. The van der Waals surface area contributed by atoms with Gasteiger partial charge in [-0.2, -0.15) is 0 Å². The molecule has 1 aliphatic carbocycles. The van der Waals surface area contributed by atoms with Crippen molar-refractivity contribution in [1.82, 2.24) is 10.6 Å². The van der Waals surface area contributed by atoms with Gasteiger partial charge in [0.2, 0.25) is 0 Å². The molecule has 6 nitrogen and oxygen atoms in total. The molecule has 0 amide bonds. The summed E-state index contributed by atoms with van der Waals surface area (Å²) in [5.41, 5.74) is 1.16. The number of fused-ring (bicyclic) bond motifs is 1. The van der Waals surface area contributed by atoms with Gasteiger partial charge in [0.05, 0.1) is 13.2 Å². The maximum absolute atomic E-state index is 11.2.